The minimum absolute atomic E-state index is 0.0357. The second-order valence-corrected chi connectivity index (χ2v) is 9.28. The quantitative estimate of drug-likeness (QED) is 0.749. The van der Waals surface area contributed by atoms with Crippen molar-refractivity contribution in [3.63, 3.8) is 0 Å². The second kappa shape index (κ2) is 8.92. The first kappa shape index (κ1) is 21.3. The van der Waals surface area contributed by atoms with Gasteiger partial charge in [-0.1, -0.05) is 6.07 Å². The van der Waals surface area contributed by atoms with Crippen LogP contribution in [0, 0.1) is 5.92 Å². The molecule has 0 bridgehead atoms. The van der Waals surface area contributed by atoms with Crippen molar-refractivity contribution in [3.05, 3.63) is 54.1 Å². The molecule has 1 aliphatic heterocycles. The number of methoxy groups -OCH3 is 1. The topological polar surface area (TPSA) is 81.0 Å². The molecule has 0 unspecified atom stereocenters. The van der Waals surface area contributed by atoms with Crippen molar-refractivity contribution in [3.8, 4) is 5.75 Å². The number of sulfonamides is 1. The van der Waals surface area contributed by atoms with Crippen molar-refractivity contribution < 1.29 is 17.9 Å². The van der Waals surface area contributed by atoms with Crippen LogP contribution < -0.4 is 10.2 Å². The van der Waals surface area contributed by atoms with Crippen LogP contribution in [0.15, 0.2) is 58.5 Å². The minimum atomic E-state index is -3.58. The lowest BCUT2D eigenvalue weighted by molar-refractivity contribution is 0.0781. The Bertz CT molecular complexity index is 1020. The number of hydrogen-bond donors (Lipinski definition) is 0. The van der Waals surface area contributed by atoms with Crippen LogP contribution in [0.5, 0.6) is 5.75 Å². The molecule has 8 heteroatoms. The number of rotatable bonds is 5. The van der Waals surface area contributed by atoms with Crippen molar-refractivity contribution in [1.29, 1.82) is 0 Å². The molecule has 1 saturated heterocycles. The molecule has 0 atom stereocenters. The molecule has 1 aromatic carbocycles. The molecule has 7 nitrogen and oxygen atoms in total. The SMILES string of the molecule is COc1ccc(S(=O)(=O)N2CCC(C(=O)n3ccccc3=NC(C)C)CC2)cc1. The Labute approximate surface area is 171 Å². The maximum Gasteiger partial charge on any atom is 0.243 e. The van der Waals surface area contributed by atoms with Gasteiger partial charge >= 0.3 is 0 Å². The first-order valence-electron chi connectivity index (χ1n) is 9.73. The summed E-state index contributed by atoms with van der Waals surface area (Å²) in [7, 11) is -2.05. The highest BCUT2D eigenvalue weighted by Gasteiger charge is 2.32. The Morgan fingerprint density at radius 2 is 1.76 bits per heavy atom. The predicted octanol–water partition coefficient (Wildman–Crippen LogP) is 2.55. The minimum Gasteiger partial charge on any atom is -0.497 e. The van der Waals surface area contributed by atoms with Crippen LogP contribution in [0.2, 0.25) is 0 Å². The lowest BCUT2D eigenvalue weighted by Crippen LogP contribution is -2.42. The molecule has 0 aliphatic carbocycles. The fourth-order valence-corrected chi connectivity index (χ4v) is 4.90. The molecule has 1 fully saturated rings. The van der Waals surface area contributed by atoms with Gasteiger partial charge in [0.05, 0.1) is 12.0 Å². The van der Waals surface area contributed by atoms with E-state index in [1.165, 1.54) is 11.4 Å². The Morgan fingerprint density at radius 3 is 2.34 bits per heavy atom. The van der Waals surface area contributed by atoms with Crippen LogP contribution >= 0.6 is 0 Å². The summed E-state index contributed by atoms with van der Waals surface area (Å²) in [5.41, 5.74) is 0.626. The highest BCUT2D eigenvalue weighted by molar-refractivity contribution is 7.89. The van der Waals surface area contributed by atoms with E-state index in [9.17, 15) is 13.2 Å². The molecular formula is C21H27N3O4S. The molecule has 1 aromatic heterocycles. The van der Waals surface area contributed by atoms with Gasteiger partial charge in [-0.05, 0) is 63.1 Å². The van der Waals surface area contributed by atoms with E-state index in [0.717, 1.165) is 0 Å². The van der Waals surface area contributed by atoms with Gasteiger partial charge in [-0.25, -0.2) is 8.42 Å². The number of ether oxygens (including phenoxy) is 1. The van der Waals surface area contributed by atoms with Crippen LogP contribution in [0.4, 0.5) is 0 Å². The number of carbonyl (C=O) groups is 1. The molecule has 0 N–H and O–H groups in total. The fourth-order valence-electron chi connectivity index (χ4n) is 3.43. The summed E-state index contributed by atoms with van der Waals surface area (Å²) in [6.07, 6.45) is 2.69. The number of carbonyl (C=O) groups excluding carboxylic acids is 1. The molecule has 0 radical (unpaired) electrons. The van der Waals surface area contributed by atoms with E-state index >= 15 is 0 Å². The van der Waals surface area contributed by atoms with Gasteiger partial charge in [0.25, 0.3) is 0 Å². The molecular weight excluding hydrogens is 390 g/mol. The molecule has 0 saturated carbocycles. The molecule has 1 aliphatic rings. The van der Waals surface area contributed by atoms with Gasteiger partial charge < -0.3 is 4.74 Å². The van der Waals surface area contributed by atoms with Crippen LogP contribution in [-0.4, -0.2) is 49.4 Å². The number of hydrogen-bond acceptors (Lipinski definition) is 5. The van der Waals surface area contributed by atoms with E-state index in [1.54, 1.807) is 41.1 Å². The van der Waals surface area contributed by atoms with Gasteiger partial charge in [0.15, 0.2) is 0 Å². The van der Waals surface area contributed by atoms with Gasteiger partial charge in [0, 0.05) is 31.2 Å². The van der Waals surface area contributed by atoms with Crippen LogP contribution in [0.25, 0.3) is 0 Å². The van der Waals surface area contributed by atoms with Gasteiger partial charge in [-0.15, -0.1) is 0 Å². The summed E-state index contributed by atoms with van der Waals surface area (Å²) in [5, 5.41) is 0. The average Bonchev–Trinajstić information content (AvgIpc) is 2.73. The summed E-state index contributed by atoms with van der Waals surface area (Å²) in [4.78, 5) is 17.8. The average molecular weight is 418 g/mol. The number of benzene rings is 1. The summed E-state index contributed by atoms with van der Waals surface area (Å²) < 4.78 is 33.9. The Morgan fingerprint density at radius 1 is 1.10 bits per heavy atom. The largest absolute Gasteiger partial charge is 0.497 e. The van der Waals surface area contributed by atoms with Crippen LogP contribution in [0.1, 0.15) is 31.5 Å². The van der Waals surface area contributed by atoms with Crippen molar-refractivity contribution in [2.24, 2.45) is 10.9 Å². The maximum atomic E-state index is 13.0. The third-order valence-electron chi connectivity index (χ3n) is 4.97. The van der Waals surface area contributed by atoms with Crippen molar-refractivity contribution >= 4 is 15.9 Å². The lowest BCUT2D eigenvalue weighted by Gasteiger charge is -2.30. The Hall–Kier alpha value is -2.45. The van der Waals surface area contributed by atoms with Gasteiger partial charge in [-0.2, -0.15) is 4.31 Å². The number of piperidine rings is 1. The number of pyridine rings is 1. The highest BCUT2D eigenvalue weighted by atomic mass is 32.2. The molecule has 156 valence electrons. The second-order valence-electron chi connectivity index (χ2n) is 7.34. The first-order valence-corrected chi connectivity index (χ1v) is 11.2. The third kappa shape index (κ3) is 4.76. The summed E-state index contributed by atoms with van der Waals surface area (Å²) in [6.45, 7) is 4.55. The smallest absolute Gasteiger partial charge is 0.243 e. The fraction of sp³-hybridized carbons (Fsp3) is 0.429. The molecule has 29 heavy (non-hydrogen) atoms. The maximum absolute atomic E-state index is 13.0. The zero-order chi connectivity index (χ0) is 21.0. The van der Waals surface area contributed by atoms with Crippen molar-refractivity contribution in [1.82, 2.24) is 8.87 Å². The molecule has 0 amide bonds. The zero-order valence-electron chi connectivity index (χ0n) is 17.0. The van der Waals surface area contributed by atoms with Crippen molar-refractivity contribution in [2.75, 3.05) is 20.2 Å². The van der Waals surface area contributed by atoms with Crippen molar-refractivity contribution in [2.45, 2.75) is 37.6 Å². The lowest BCUT2D eigenvalue weighted by atomic mass is 9.97. The van der Waals surface area contributed by atoms with Gasteiger partial charge in [-0.3, -0.25) is 14.4 Å². The van der Waals surface area contributed by atoms with E-state index < -0.39 is 10.0 Å². The molecule has 3 rings (SSSR count). The molecule has 2 aromatic rings. The van der Waals surface area contributed by atoms with Gasteiger partial charge in [0.2, 0.25) is 15.9 Å². The summed E-state index contributed by atoms with van der Waals surface area (Å²) in [6, 6.07) is 11.9. The molecule has 0 spiro atoms. The van der Waals surface area contributed by atoms with E-state index in [1.807, 2.05) is 26.0 Å². The monoisotopic (exact) mass is 417 g/mol. The van der Waals surface area contributed by atoms with E-state index in [2.05, 4.69) is 4.99 Å². The van der Waals surface area contributed by atoms with E-state index in [-0.39, 0.29) is 22.8 Å². The Balaban J connectivity index is 1.73. The van der Waals surface area contributed by atoms with Gasteiger partial charge in [0.1, 0.15) is 11.2 Å². The Kier molecular flexibility index (Phi) is 6.54. The third-order valence-corrected chi connectivity index (χ3v) is 6.88. The summed E-state index contributed by atoms with van der Waals surface area (Å²) >= 11 is 0. The number of aromatic nitrogens is 1. The molecule has 2 heterocycles. The van der Waals surface area contributed by atoms with Crippen LogP contribution in [-0.2, 0) is 10.0 Å². The van der Waals surface area contributed by atoms with E-state index in [4.69, 9.17) is 4.74 Å². The standard InChI is InChI=1S/C21H27N3O4S/c1-16(2)22-20-6-4-5-13-24(20)21(25)17-11-14-23(15-12-17)29(26,27)19-9-7-18(28-3)8-10-19/h4-10,13,16-17H,11-12,14-15H2,1-3H3. The predicted molar refractivity (Wildman–Crippen MR) is 110 cm³/mol. The normalized spacial score (nSPS) is 16.9. The zero-order valence-corrected chi connectivity index (χ0v) is 17.8. The highest BCUT2D eigenvalue weighted by Crippen LogP contribution is 2.25. The number of nitrogens with zero attached hydrogens (tertiary/aromatic N) is 3. The van der Waals surface area contributed by atoms with E-state index in [0.29, 0.717) is 37.2 Å². The first-order chi connectivity index (χ1) is 13.8. The van der Waals surface area contributed by atoms with Crippen LogP contribution in [0.3, 0.4) is 0 Å². The summed E-state index contributed by atoms with van der Waals surface area (Å²) in [5.74, 6) is 0.341.